The number of hydrogen-bond acceptors (Lipinski definition) is 7. The topological polar surface area (TPSA) is 114 Å². The Bertz CT molecular complexity index is 1450. The van der Waals surface area contributed by atoms with Crippen LogP contribution in [0.15, 0.2) is 63.7 Å². The van der Waals surface area contributed by atoms with E-state index >= 15 is 0 Å². The molecule has 2 aromatic carbocycles. The van der Waals surface area contributed by atoms with Gasteiger partial charge in [-0.25, -0.2) is 21.8 Å². The highest BCUT2D eigenvalue weighted by molar-refractivity contribution is 7.91. The summed E-state index contributed by atoms with van der Waals surface area (Å²) in [6, 6.07) is 13.6. The Balaban J connectivity index is 1.37. The minimum atomic E-state index is -3.86. The van der Waals surface area contributed by atoms with E-state index in [1.807, 2.05) is 17.5 Å². The van der Waals surface area contributed by atoms with E-state index in [2.05, 4.69) is 36.3 Å². The van der Waals surface area contributed by atoms with Crippen LogP contribution < -0.4 is 5.32 Å². The van der Waals surface area contributed by atoms with Gasteiger partial charge in [0.2, 0.25) is 15.9 Å². The maximum absolute atomic E-state index is 13.1. The van der Waals surface area contributed by atoms with Gasteiger partial charge in [0.05, 0.1) is 15.5 Å². The van der Waals surface area contributed by atoms with Crippen molar-refractivity contribution in [3.63, 3.8) is 0 Å². The van der Waals surface area contributed by atoms with Crippen molar-refractivity contribution >= 4 is 42.2 Å². The first-order valence-electron chi connectivity index (χ1n) is 11.6. The number of nitrogens with zero attached hydrogens (tertiary/aromatic N) is 2. The lowest BCUT2D eigenvalue weighted by Crippen LogP contribution is -2.41. The number of piperidine rings is 1. The molecule has 1 amide bonds. The summed E-state index contributed by atoms with van der Waals surface area (Å²) in [5, 5.41) is 5.29. The highest BCUT2D eigenvalue weighted by Crippen LogP contribution is 2.29. The lowest BCUT2D eigenvalue weighted by molar-refractivity contribution is -0.120. The maximum Gasteiger partial charge on any atom is 0.243 e. The van der Waals surface area contributed by atoms with Crippen LogP contribution >= 0.6 is 11.3 Å². The summed E-state index contributed by atoms with van der Waals surface area (Å²) in [7, 11) is -7.39. The van der Waals surface area contributed by atoms with Crippen molar-refractivity contribution in [2.75, 3.05) is 24.7 Å². The quantitative estimate of drug-likeness (QED) is 0.470. The van der Waals surface area contributed by atoms with Gasteiger partial charge in [-0.3, -0.25) is 4.79 Å². The van der Waals surface area contributed by atoms with Crippen LogP contribution in [-0.4, -0.2) is 51.4 Å². The first-order valence-corrected chi connectivity index (χ1v) is 15.8. The molecule has 1 fully saturated rings. The summed E-state index contributed by atoms with van der Waals surface area (Å²) in [5.41, 5.74) is 3.02. The Labute approximate surface area is 216 Å². The summed E-state index contributed by atoms with van der Waals surface area (Å²) in [6.07, 6.45) is 1.77. The number of thiazole rings is 1. The second kappa shape index (κ2) is 10.4. The Hall–Kier alpha value is -2.60. The fourth-order valence-corrected chi connectivity index (χ4v) is 7.06. The molecule has 3 aromatic rings. The van der Waals surface area contributed by atoms with E-state index in [0.29, 0.717) is 23.9 Å². The maximum atomic E-state index is 13.1. The van der Waals surface area contributed by atoms with Crippen molar-refractivity contribution in [2.45, 2.75) is 42.4 Å². The normalized spacial score (nSPS) is 15.8. The van der Waals surface area contributed by atoms with E-state index in [0.717, 1.165) is 17.5 Å². The average Bonchev–Trinajstić information content (AvgIpc) is 3.32. The second-order valence-electron chi connectivity index (χ2n) is 9.23. The zero-order valence-corrected chi connectivity index (χ0v) is 22.8. The van der Waals surface area contributed by atoms with Gasteiger partial charge in [-0.2, -0.15) is 4.31 Å². The molecule has 0 bridgehead atoms. The molecule has 1 aliphatic heterocycles. The zero-order valence-electron chi connectivity index (χ0n) is 20.3. The third-order valence-electron chi connectivity index (χ3n) is 6.30. The Morgan fingerprint density at radius 1 is 1.03 bits per heavy atom. The van der Waals surface area contributed by atoms with Crippen molar-refractivity contribution in [2.24, 2.45) is 5.92 Å². The summed E-state index contributed by atoms with van der Waals surface area (Å²) in [5.74, 6) is -0.0676. The SMILES string of the molecule is CC(C)c1ccc(-c2csc(NC(=O)C3CCN(S(=O)(=O)c4cccc(S(C)(=O)=O)c4)CC3)n2)cc1. The molecular formula is C25H29N3O5S3. The molecule has 11 heteroatoms. The molecule has 4 rings (SSSR count). The smallest absolute Gasteiger partial charge is 0.243 e. The van der Waals surface area contributed by atoms with Crippen molar-refractivity contribution in [3.05, 3.63) is 59.5 Å². The molecule has 2 heterocycles. The number of aromatic nitrogens is 1. The number of rotatable bonds is 7. The molecule has 0 saturated carbocycles. The fraction of sp³-hybridized carbons (Fsp3) is 0.360. The third kappa shape index (κ3) is 5.86. The van der Waals surface area contributed by atoms with Gasteiger partial charge in [0.15, 0.2) is 15.0 Å². The van der Waals surface area contributed by atoms with Gasteiger partial charge < -0.3 is 5.32 Å². The van der Waals surface area contributed by atoms with Gasteiger partial charge >= 0.3 is 0 Å². The standard InChI is InChI=1S/C25H29N3O5S3/c1-17(2)18-7-9-19(10-8-18)23-16-34-25(26-23)27-24(29)20-11-13-28(14-12-20)36(32,33)22-6-4-5-21(15-22)35(3,30)31/h4-10,15-17,20H,11-14H2,1-3H3,(H,26,27,29). The van der Waals surface area contributed by atoms with Crippen LogP contribution in [0.2, 0.25) is 0 Å². The monoisotopic (exact) mass is 547 g/mol. The molecule has 1 aliphatic rings. The first kappa shape index (κ1) is 26.5. The number of sulfonamides is 1. The van der Waals surface area contributed by atoms with Crippen molar-refractivity contribution < 1.29 is 21.6 Å². The van der Waals surface area contributed by atoms with Gasteiger partial charge in [0, 0.05) is 36.2 Å². The number of hydrogen-bond donors (Lipinski definition) is 1. The number of amides is 1. The van der Waals surface area contributed by atoms with Crippen molar-refractivity contribution in [1.29, 1.82) is 0 Å². The van der Waals surface area contributed by atoms with Crippen LogP contribution in [-0.2, 0) is 24.7 Å². The second-order valence-corrected chi connectivity index (χ2v) is 14.0. The van der Waals surface area contributed by atoms with Gasteiger partial charge in [-0.05, 0) is 42.5 Å². The highest BCUT2D eigenvalue weighted by Gasteiger charge is 2.32. The molecule has 8 nitrogen and oxygen atoms in total. The number of carbonyl (C=O) groups excluding carboxylic acids is 1. The van der Waals surface area contributed by atoms with E-state index in [-0.39, 0.29) is 34.7 Å². The summed E-state index contributed by atoms with van der Waals surface area (Å²) >= 11 is 1.35. The van der Waals surface area contributed by atoms with E-state index in [9.17, 15) is 21.6 Å². The predicted molar refractivity (Wildman–Crippen MR) is 141 cm³/mol. The van der Waals surface area contributed by atoms with E-state index in [1.165, 1.54) is 45.5 Å². The lowest BCUT2D eigenvalue weighted by atomic mass is 9.97. The van der Waals surface area contributed by atoms with Crippen molar-refractivity contribution in [1.82, 2.24) is 9.29 Å². The molecule has 192 valence electrons. The van der Waals surface area contributed by atoms with E-state index < -0.39 is 19.9 Å². The van der Waals surface area contributed by atoms with E-state index in [1.54, 1.807) is 0 Å². The van der Waals surface area contributed by atoms with Gasteiger partial charge in [0.25, 0.3) is 0 Å². The number of anilines is 1. The Morgan fingerprint density at radius 2 is 1.67 bits per heavy atom. The predicted octanol–water partition coefficient (Wildman–Crippen LogP) is 4.38. The minimum absolute atomic E-state index is 0.0449. The molecule has 0 unspecified atom stereocenters. The molecule has 0 spiro atoms. The van der Waals surface area contributed by atoms with Crippen LogP contribution in [0.25, 0.3) is 11.3 Å². The number of sulfone groups is 1. The number of benzene rings is 2. The van der Waals surface area contributed by atoms with E-state index in [4.69, 9.17) is 0 Å². The highest BCUT2D eigenvalue weighted by atomic mass is 32.2. The van der Waals surface area contributed by atoms with Crippen molar-refractivity contribution in [3.8, 4) is 11.3 Å². The molecular weight excluding hydrogens is 518 g/mol. The Kier molecular flexibility index (Phi) is 7.65. The number of nitrogens with one attached hydrogen (secondary N) is 1. The van der Waals surface area contributed by atoms with Crippen LogP contribution in [0.1, 0.15) is 38.2 Å². The summed E-state index contributed by atoms with van der Waals surface area (Å²) < 4.78 is 51.0. The molecule has 0 radical (unpaired) electrons. The third-order valence-corrected chi connectivity index (χ3v) is 10.1. The van der Waals surface area contributed by atoms with Gasteiger partial charge in [-0.15, -0.1) is 11.3 Å². The summed E-state index contributed by atoms with van der Waals surface area (Å²) in [4.78, 5) is 17.3. The molecule has 0 atom stereocenters. The lowest BCUT2D eigenvalue weighted by Gasteiger charge is -2.30. The average molecular weight is 548 g/mol. The van der Waals surface area contributed by atoms with Crippen LogP contribution in [0.3, 0.4) is 0 Å². The number of carbonyl (C=O) groups is 1. The van der Waals surface area contributed by atoms with Crippen LogP contribution in [0, 0.1) is 5.92 Å². The molecule has 36 heavy (non-hydrogen) atoms. The van der Waals surface area contributed by atoms with Crippen LogP contribution in [0.5, 0.6) is 0 Å². The zero-order chi connectivity index (χ0) is 26.1. The minimum Gasteiger partial charge on any atom is -0.302 e. The van der Waals surface area contributed by atoms with Gasteiger partial charge in [-0.1, -0.05) is 44.2 Å². The Morgan fingerprint density at radius 3 is 2.28 bits per heavy atom. The van der Waals surface area contributed by atoms with Gasteiger partial charge in [0.1, 0.15) is 0 Å². The largest absolute Gasteiger partial charge is 0.302 e. The molecule has 1 N–H and O–H groups in total. The van der Waals surface area contributed by atoms with Crippen LogP contribution in [0.4, 0.5) is 5.13 Å². The first-order chi connectivity index (χ1) is 16.9. The summed E-state index contributed by atoms with van der Waals surface area (Å²) in [6.45, 7) is 4.63. The molecule has 1 saturated heterocycles. The fourth-order valence-electron chi connectivity index (χ4n) is 4.08. The molecule has 1 aromatic heterocycles. The molecule has 0 aliphatic carbocycles.